The summed E-state index contributed by atoms with van der Waals surface area (Å²) in [6.07, 6.45) is 5.77. The van der Waals surface area contributed by atoms with Crippen LogP contribution in [0.4, 0.5) is 0 Å². The second kappa shape index (κ2) is 10.6. The van der Waals surface area contributed by atoms with E-state index in [2.05, 4.69) is 10.6 Å². The Morgan fingerprint density at radius 2 is 1.76 bits per heavy atom. The Kier molecular flexibility index (Phi) is 8.18. The van der Waals surface area contributed by atoms with E-state index < -0.39 is 6.10 Å². The van der Waals surface area contributed by atoms with E-state index in [4.69, 9.17) is 27.9 Å². The molecule has 0 spiro atoms. The number of rotatable bonds is 7. The molecule has 1 aliphatic carbocycles. The first-order valence-electron chi connectivity index (χ1n) is 10.3. The SMILES string of the molecule is O=C(NCC[C@H]1CC[C@H](NC(=O)C2CCCC2)[C@@H](CO)O1)c1cc(Cl)cc(Cl)c1. The van der Waals surface area contributed by atoms with Crippen molar-refractivity contribution in [2.45, 2.75) is 63.2 Å². The molecule has 0 unspecified atom stereocenters. The lowest BCUT2D eigenvalue weighted by Crippen LogP contribution is -2.52. The minimum Gasteiger partial charge on any atom is -0.394 e. The molecule has 1 saturated carbocycles. The van der Waals surface area contributed by atoms with E-state index in [9.17, 15) is 14.7 Å². The highest BCUT2D eigenvalue weighted by atomic mass is 35.5. The summed E-state index contributed by atoms with van der Waals surface area (Å²) in [4.78, 5) is 24.6. The van der Waals surface area contributed by atoms with Crippen molar-refractivity contribution < 1.29 is 19.4 Å². The highest BCUT2D eigenvalue weighted by Crippen LogP contribution is 2.27. The maximum Gasteiger partial charge on any atom is 0.251 e. The molecule has 0 bridgehead atoms. The zero-order valence-corrected chi connectivity index (χ0v) is 17.8. The van der Waals surface area contributed by atoms with E-state index in [0.29, 0.717) is 28.6 Å². The molecule has 2 fully saturated rings. The molecule has 29 heavy (non-hydrogen) atoms. The number of hydrogen-bond acceptors (Lipinski definition) is 4. The fourth-order valence-electron chi connectivity index (χ4n) is 4.13. The number of hydrogen-bond donors (Lipinski definition) is 3. The number of aliphatic hydroxyl groups is 1. The third-order valence-corrected chi connectivity index (χ3v) is 6.16. The average Bonchev–Trinajstić information content (AvgIpc) is 3.23. The molecule has 3 N–H and O–H groups in total. The Hall–Kier alpha value is -1.34. The molecule has 0 radical (unpaired) electrons. The van der Waals surface area contributed by atoms with Crippen molar-refractivity contribution in [2.24, 2.45) is 5.92 Å². The average molecular weight is 443 g/mol. The quantitative estimate of drug-likeness (QED) is 0.604. The lowest BCUT2D eigenvalue weighted by Gasteiger charge is -2.36. The van der Waals surface area contributed by atoms with Crippen molar-refractivity contribution in [1.29, 1.82) is 0 Å². The maximum absolute atomic E-state index is 12.4. The summed E-state index contributed by atoms with van der Waals surface area (Å²) in [5, 5.41) is 16.4. The van der Waals surface area contributed by atoms with Gasteiger partial charge in [0.25, 0.3) is 5.91 Å². The number of halogens is 2. The monoisotopic (exact) mass is 442 g/mol. The van der Waals surface area contributed by atoms with Crippen molar-refractivity contribution in [2.75, 3.05) is 13.2 Å². The molecule has 1 saturated heterocycles. The predicted molar refractivity (Wildman–Crippen MR) is 112 cm³/mol. The van der Waals surface area contributed by atoms with E-state index in [1.807, 2.05) is 0 Å². The number of nitrogens with one attached hydrogen (secondary N) is 2. The Morgan fingerprint density at radius 3 is 2.41 bits per heavy atom. The number of aliphatic hydroxyl groups excluding tert-OH is 1. The molecular formula is C21H28Cl2N2O4. The molecule has 3 atom stereocenters. The fourth-order valence-corrected chi connectivity index (χ4v) is 4.66. The Labute approximate surface area is 181 Å². The van der Waals surface area contributed by atoms with Crippen LogP contribution >= 0.6 is 23.2 Å². The third kappa shape index (κ3) is 6.32. The molecule has 1 aromatic rings. The fraction of sp³-hybridized carbons (Fsp3) is 0.619. The first kappa shape index (κ1) is 22.3. The number of benzene rings is 1. The third-order valence-electron chi connectivity index (χ3n) is 5.73. The Morgan fingerprint density at radius 1 is 1.07 bits per heavy atom. The van der Waals surface area contributed by atoms with Gasteiger partial charge >= 0.3 is 0 Å². The van der Waals surface area contributed by atoms with Crippen molar-refractivity contribution >= 4 is 35.0 Å². The lowest BCUT2D eigenvalue weighted by atomic mass is 9.96. The van der Waals surface area contributed by atoms with Gasteiger partial charge in [-0.1, -0.05) is 36.0 Å². The van der Waals surface area contributed by atoms with Crippen molar-refractivity contribution in [3.63, 3.8) is 0 Å². The van der Waals surface area contributed by atoms with Gasteiger partial charge in [0.05, 0.1) is 18.8 Å². The van der Waals surface area contributed by atoms with Crippen LogP contribution < -0.4 is 10.6 Å². The largest absolute Gasteiger partial charge is 0.394 e. The van der Waals surface area contributed by atoms with Gasteiger partial charge in [-0.25, -0.2) is 0 Å². The minimum atomic E-state index is -0.415. The number of ether oxygens (including phenoxy) is 1. The summed E-state index contributed by atoms with van der Waals surface area (Å²) in [6, 6.07) is 4.55. The number of amides is 2. The summed E-state index contributed by atoms with van der Waals surface area (Å²) in [5.41, 5.74) is 0.412. The van der Waals surface area contributed by atoms with Gasteiger partial charge < -0.3 is 20.5 Å². The smallest absolute Gasteiger partial charge is 0.251 e. The highest BCUT2D eigenvalue weighted by molar-refractivity contribution is 6.35. The molecule has 6 nitrogen and oxygen atoms in total. The van der Waals surface area contributed by atoms with Gasteiger partial charge in [-0.3, -0.25) is 9.59 Å². The zero-order valence-electron chi connectivity index (χ0n) is 16.3. The molecular weight excluding hydrogens is 415 g/mol. The molecule has 1 aliphatic heterocycles. The van der Waals surface area contributed by atoms with Gasteiger partial charge in [0.2, 0.25) is 5.91 Å². The minimum absolute atomic E-state index is 0.0740. The van der Waals surface area contributed by atoms with Crippen LogP contribution in [-0.4, -0.2) is 48.3 Å². The summed E-state index contributed by atoms with van der Waals surface area (Å²) >= 11 is 11.9. The van der Waals surface area contributed by atoms with Gasteiger partial charge in [-0.15, -0.1) is 0 Å². The van der Waals surface area contributed by atoms with E-state index >= 15 is 0 Å². The van der Waals surface area contributed by atoms with Crippen LogP contribution in [0.15, 0.2) is 18.2 Å². The van der Waals surface area contributed by atoms with Crippen molar-refractivity contribution in [3.8, 4) is 0 Å². The van der Waals surface area contributed by atoms with Gasteiger partial charge in [-0.05, 0) is 50.3 Å². The highest BCUT2D eigenvalue weighted by Gasteiger charge is 2.33. The lowest BCUT2D eigenvalue weighted by molar-refractivity contribution is -0.131. The molecule has 160 valence electrons. The van der Waals surface area contributed by atoms with Gasteiger partial charge in [0.1, 0.15) is 6.10 Å². The molecule has 1 aromatic carbocycles. The van der Waals surface area contributed by atoms with Crippen LogP contribution in [0.2, 0.25) is 10.0 Å². The molecule has 8 heteroatoms. The van der Waals surface area contributed by atoms with Crippen LogP contribution in [0.5, 0.6) is 0 Å². The van der Waals surface area contributed by atoms with E-state index in [0.717, 1.165) is 38.5 Å². The summed E-state index contributed by atoms with van der Waals surface area (Å²) < 4.78 is 5.98. The van der Waals surface area contributed by atoms with Crippen LogP contribution in [0.3, 0.4) is 0 Å². The maximum atomic E-state index is 12.4. The molecule has 1 heterocycles. The Bertz CT molecular complexity index is 704. The molecule has 2 aliphatic rings. The van der Waals surface area contributed by atoms with E-state index in [1.165, 1.54) is 0 Å². The number of carbonyl (C=O) groups is 2. The normalized spacial score (nSPS) is 25.0. The van der Waals surface area contributed by atoms with Crippen molar-refractivity contribution in [1.82, 2.24) is 10.6 Å². The second-order valence-electron chi connectivity index (χ2n) is 7.86. The van der Waals surface area contributed by atoms with E-state index in [-0.39, 0.29) is 36.5 Å². The standard InChI is InChI=1S/C21H28Cl2N2O4/c22-15-9-14(10-16(23)11-15)20(27)24-8-7-17-5-6-18(19(12-26)29-17)25-21(28)13-3-1-2-4-13/h9-11,13,17-19,26H,1-8,12H2,(H,24,27)(H,25,28)/t17-,18+,19-/m1/s1. The second-order valence-corrected chi connectivity index (χ2v) is 8.73. The van der Waals surface area contributed by atoms with Gasteiger partial charge in [-0.2, -0.15) is 0 Å². The first-order valence-corrected chi connectivity index (χ1v) is 11.0. The predicted octanol–water partition coefficient (Wildman–Crippen LogP) is 3.33. The summed E-state index contributed by atoms with van der Waals surface area (Å²) in [6.45, 7) is 0.296. The van der Waals surface area contributed by atoms with Gasteiger partial charge in [0.15, 0.2) is 0 Å². The van der Waals surface area contributed by atoms with Crippen LogP contribution in [-0.2, 0) is 9.53 Å². The molecule has 0 aromatic heterocycles. The molecule has 3 rings (SSSR count). The van der Waals surface area contributed by atoms with E-state index in [1.54, 1.807) is 18.2 Å². The van der Waals surface area contributed by atoms with Gasteiger partial charge in [0, 0.05) is 28.1 Å². The van der Waals surface area contributed by atoms with Crippen molar-refractivity contribution in [3.05, 3.63) is 33.8 Å². The van der Waals surface area contributed by atoms with Crippen LogP contribution in [0.1, 0.15) is 55.3 Å². The topological polar surface area (TPSA) is 87.7 Å². The Balaban J connectivity index is 1.43. The van der Waals surface area contributed by atoms with Crippen LogP contribution in [0, 0.1) is 5.92 Å². The van der Waals surface area contributed by atoms with Crippen LogP contribution in [0.25, 0.3) is 0 Å². The first-order chi connectivity index (χ1) is 14.0. The zero-order chi connectivity index (χ0) is 20.8. The summed E-state index contributed by atoms with van der Waals surface area (Å²) in [5.74, 6) is -0.0617. The molecule has 2 amide bonds. The summed E-state index contributed by atoms with van der Waals surface area (Å²) in [7, 11) is 0. The number of carbonyl (C=O) groups excluding carboxylic acids is 2.